The first kappa shape index (κ1) is 35.5. The molecule has 0 radical (unpaired) electrons. The molecule has 0 bridgehead atoms. The van der Waals surface area contributed by atoms with Crippen LogP contribution in [0.4, 0.5) is 0 Å². The zero-order valence-corrected chi connectivity index (χ0v) is 29.7. The van der Waals surface area contributed by atoms with Crippen LogP contribution in [0.25, 0.3) is 0 Å². The van der Waals surface area contributed by atoms with Crippen molar-refractivity contribution in [3.63, 3.8) is 0 Å². The molecule has 0 N–H and O–H groups in total. The molecule has 0 amide bonds. The lowest BCUT2D eigenvalue weighted by Crippen LogP contribution is -2.46. The number of hydrogen-bond donors (Lipinski definition) is 0. The van der Waals surface area contributed by atoms with Gasteiger partial charge in [-0.3, -0.25) is 4.79 Å². The predicted molar refractivity (Wildman–Crippen MR) is 169 cm³/mol. The van der Waals surface area contributed by atoms with E-state index in [1.54, 1.807) is 0 Å². The van der Waals surface area contributed by atoms with Crippen LogP contribution in [-0.2, 0) is 22.8 Å². The maximum atomic E-state index is 11.6. The number of ether oxygens (including phenoxy) is 1. The van der Waals surface area contributed by atoms with Gasteiger partial charge in [-0.2, -0.15) is 0 Å². The van der Waals surface area contributed by atoms with E-state index in [2.05, 4.69) is 84.1 Å². The van der Waals surface area contributed by atoms with Gasteiger partial charge in [-0.1, -0.05) is 50.8 Å². The molecular formula is C30H60O5Si3. The van der Waals surface area contributed by atoms with Crippen molar-refractivity contribution in [2.75, 3.05) is 7.11 Å². The highest BCUT2D eigenvalue weighted by molar-refractivity contribution is 6.70. The van der Waals surface area contributed by atoms with E-state index in [-0.39, 0.29) is 30.2 Å². The molecule has 38 heavy (non-hydrogen) atoms. The number of carbonyl (C=O) groups is 1. The first-order chi connectivity index (χ1) is 17.6. The van der Waals surface area contributed by atoms with Crippen molar-refractivity contribution in [2.45, 2.75) is 148 Å². The van der Waals surface area contributed by atoms with Gasteiger partial charge in [0.25, 0.3) is 0 Å². The Morgan fingerprint density at radius 2 is 1.58 bits per heavy atom. The molecule has 4 unspecified atom stereocenters. The Morgan fingerprint density at radius 1 is 0.921 bits per heavy atom. The summed E-state index contributed by atoms with van der Waals surface area (Å²) >= 11 is 0. The van der Waals surface area contributed by atoms with E-state index in [9.17, 15) is 4.79 Å². The van der Waals surface area contributed by atoms with Crippen molar-refractivity contribution in [1.82, 2.24) is 0 Å². The maximum Gasteiger partial charge on any atom is 0.305 e. The van der Waals surface area contributed by atoms with Gasteiger partial charge in [0.05, 0.1) is 25.4 Å². The number of carbonyl (C=O) groups excluding carboxylic acids is 1. The van der Waals surface area contributed by atoms with Gasteiger partial charge in [-0.15, -0.1) is 0 Å². The van der Waals surface area contributed by atoms with Gasteiger partial charge in [0.2, 0.25) is 0 Å². The second kappa shape index (κ2) is 16.7. The summed E-state index contributed by atoms with van der Waals surface area (Å²) in [6.45, 7) is 22.8. The molecule has 0 saturated heterocycles. The zero-order chi connectivity index (χ0) is 29.0. The minimum absolute atomic E-state index is 0.0758. The van der Waals surface area contributed by atoms with Crippen LogP contribution in [0.2, 0.25) is 58.9 Å². The normalized spacial score (nSPS) is 20.6. The summed E-state index contributed by atoms with van der Waals surface area (Å²) in [4.78, 5) is 11.6. The van der Waals surface area contributed by atoms with E-state index in [0.29, 0.717) is 6.42 Å². The molecule has 0 aromatic carbocycles. The van der Waals surface area contributed by atoms with Crippen LogP contribution in [0.15, 0.2) is 23.8 Å². The Hall–Kier alpha value is -0.519. The van der Waals surface area contributed by atoms with Gasteiger partial charge in [0.15, 0.2) is 25.0 Å². The highest BCUT2D eigenvalue weighted by Gasteiger charge is 2.43. The Kier molecular flexibility index (Phi) is 15.6. The molecule has 4 atom stereocenters. The summed E-state index contributed by atoms with van der Waals surface area (Å²) in [6.07, 6.45) is 17.2. The Labute approximate surface area is 238 Å². The summed E-state index contributed by atoms with van der Waals surface area (Å²) in [6, 6.07) is 0. The monoisotopic (exact) mass is 584 g/mol. The summed E-state index contributed by atoms with van der Waals surface area (Å²) in [7, 11) is -3.88. The molecule has 5 nitrogen and oxygen atoms in total. The lowest BCUT2D eigenvalue weighted by molar-refractivity contribution is -0.140. The van der Waals surface area contributed by atoms with Crippen molar-refractivity contribution in [2.24, 2.45) is 5.92 Å². The van der Waals surface area contributed by atoms with Gasteiger partial charge in [0, 0.05) is 12.3 Å². The van der Waals surface area contributed by atoms with E-state index in [4.69, 9.17) is 18.0 Å². The third-order valence-electron chi connectivity index (χ3n) is 6.49. The lowest BCUT2D eigenvalue weighted by Gasteiger charge is -2.40. The zero-order valence-electron chi connectivity index (χ0n) is 26.7. The summed E-state index contributed by atoms with van der Waals surface area (Å²) < 4.78 is 25.5. The first-order valence-corrected chi connectivity index (χ1v) is 25.2. The van der Waals surface area contributed by atoms with E-state index in [1.807, 2.05) is 0 Å². The average Bonchev–Trinajstić information content (AvgIpc) is 3.17. The molecule has 0 spiro atoms. The number of hydrogen-bond acceptors (Lipinski definition) is 5. The summed E-state index contributed by atoms with van der Waals surface area (Å²) in [5.74, 6) is 0.0855. The molecule has 0 aliphatic heterocycles. The van der Waals surface area contributed by atoms with Gasteiger partial charge in [0.1, 0.15) is 0 Å². The second-order valence-corrected chi connectivity index (χ2v) is 27.1. The smallest absolute Gasteiger partial charge is 0.305 e. The van der Waals surface area contributed by atoms with E-state index < -0.39 is 25.0 Å². The fourth-order valence-corrected chi connectivity index (χ4v) is 8.53. The molecule has 0 fully saturated rings. The molecule has 1 aliphatic rings. The molecule has 0 saturated carbocycles. The fourth-order valence-electron chi connectivity index (χ4n) is 5.12. The van der Waals surface area contributed by atoms with Crippen LogP contribution in [-0.4, -0.2) is 56.3 Å². The summed E-state index contributed by atoms with van der Waals surface area (Å²) in [5.41, 5.74) is 1.40. The summed E-state index contributed by atoms with van der Waals surface area (Å²) in [5, 5.41) is 0. The molecule has 0 aromatic heterocycles. The molecular weight excluding hydrogens is 525 g/mol. The van der Waals surface area contributed by atoms with Crippen molar-refractivity contribution in [3.8, 4) is 0 Å². The number of methoxy groups -OCH3 is 1. The number of unbranched alkanes of at least 4 members (excludes halogenated alkanes) is 4. The van der Waals surface area contributed by atoms with Crippen molar-refractivity contribution < 1.29 is 22.8 Å². The molecule has 1 rings (SSSR count). The molecule has 8 heteroatoms. The van der Waals surface area contributed by atoms with Crippen molar-refractivity contribution in [3.05, 3.63) is 23.8 Å². The minimum atomic E-state index is -1.81. The van der Waals surface area contributed by atoms with Crippen molar-refractivity contribution in [1.29, 1.82) is 0 Å². The van der Waals surface area contributed by atoms with Crippen LogP contribution in [0.3, 0.4) is 0 Å². The lowest BCUT2D eigenvalue weighted by atomic mass is 9.86. The van der Waals surface area contributed by atoms with E-state index in [0.717, 1.165) is 44.9 Å². The molecule has 0 heterocycles. The molecule has 0 aromatic rings. The largest absolute Gasteiger partial charge is 0.469 e. The quantitative estimate of drug-likeness (QED) is 0.0657. The molecule has 222 valence electrons. The van der Waals surface area contributed by atoms with Crippen LogP contribution < -0.4 is 0 Å². The van der Waals surface area contributed by atoms with Gasteiger partial charge >= 0.3 is 5.97 Å². The Morgan fingerprint density at radius 3 is 2.13 bits per heavy atom. The number of allylic oxidation sites excluding steroid dienone is 1. The number of esters is 1. The fraction of sp³-hybridized carbons (Fsp3) is 0.833. The topological polar surface area (TPSA) is 54.0 Å². The minimum Gasteiger partial charge on any atom is -0.469 e. The second-order valence-electron chi connectivity index (χ2n) is 13.7. The third-order valence-corrected chi connectivity index (χ3v) is 9.50. The van der Waals surface area contributed by atoms with E-state index in [1.165, 1.54) is 25.5 Å². The SMILES string of the molecule is CCCC/C=C/CC(O[Si](C)(C)C)C1=CCC(O[Si](C)(C)C)C1C(CCCCCC(=O)OC)O[Si](C)(C)C. The van der Waals surface area contributed by atoms with E-state index >= 15 is 0 Å². The Balaban J connectivity index is 3.26. The van der Waals surface area contributed by atoms with Gasteiger partial charge < -0.3 is 18.0 Å². The van der Waals surface area contributed by atoms with Gasteiger partial charge in [-0.05, 0) is 96.6 Å². The van der Waals surface area contributed by atoms with Crippen LogP contribution in [0.5, 0.6) is 0 Å². The Bertz CT molecular complexity index is 746. The standard InChI is InChI=1S/C30H60O5Si3/c1-12-13-14-15-17-20-26(33-36(3,4)5)25-23-24-28(35-38(9,10)11)30(25)27(34-37(6,7)8)21-18-16-19-22-29(31)32-2/h15,17,23,26-28,30H,12-14,16,18-22,24H2,1-11H3/b17-15+. The average molecular weight is 585 g/mol. The predicted octanol–water partition coefficient (Wildman–Crippen LogP) is 8.85. The van der Waals surface area contributed by atoms with Gasteiger partial charge in [-0.25, -0.2) is 0 Å². The first-order valence-electron chi connectivity index (χ1n) is 15.0. The van der Waals surface area contributed by atoms with Crippen LogP contribution in [0, 0.1) is 5.92 Å². The van der Waals surface area contributed by atoms with Crippen LogP contribution >= 0.6 is 0 Å². The molecule has 1 aliphatic carbocycles. The highest BCUT2D eigenvalue weighted by atomic mass is 28.4. The van der Waals surface area contributed by atoms with Crippen molar-refractivity contribution >= 4 is 30.9 Å². The van der Waals surface area contributed by atoms with Crippen LogP contribution in [0.1, 0.15) is 71.1 Å². The number of rotatable bonds is 19. The highest BCUT2D eigenvalue weighted by Crippen LogP contribution is 2.41. The third kappa shape index (κ3) is 15.3. The maximum absolute atomic E-state index is 11.6.